The molecule has 1 aromatic carbocycles. The van der Waals surface area contributed by atoms with Crippen molar-refractivity contribution < 1.29 is 14.0 Å². The van der Waals surface area contributed by atoms with Gasteiger partial charge in [-0.05, 0) is 24.6 Å². The maximum Gasteiger partial charge on any atom is 0.274 e. The van der Waals surface area contributed by atoms with Gasteiger partial charge < -0.3 is 18.6 Å². The van der Waals surface area contributed by atoms with Crippen molar-refractivity contribution in [2.24, 2.45) is 7.05 Å². The number of rotatable bonds is 3. The molecule has 0 aliphatic carbocycles. The van der Waals surface area contributed by atoms with Crippen molar-refractivity contribution in [3.8, 4) is 17.3 Å². The van der Waals surface area contributed by atoms with E-state index in [1.807, 2.05) is 29.8 Å². The third-order valence-electron chi connectivity index (χ3n) is 4.21. The Kier molecular flexibility index (Phi) is 3.11. The fourth-order valence-electron chi connectivity index (χ4n) is 2.88. The summed E-state index contributed by atoms with van der Waals surface area (Å²) >= 11 is 0. The Labute approximate surface area is 127 Å². The first kappa shape index (κ1) is 13.3. The highest BCUT2D eigenvalue weighted by molar-refractivity contribution is 5.86. The van der Waals surface area contributed by atoms with Gasteiger partial charge in [0.05, 0.1) is 19.2 Å². The third kappa shape index (κ3) is 2.07. The minimum atomic E-state index is 0.243. The number of ether oxygens (including phenoxy) is 2. The van der Waals surface area contributed by atoms with Crippen molar-refractivity contribution >= 4 is 10.9 Å². The van der Waals surface area contributed by atoms with Gasteiger partial charge in [-0.3, -0.25) is 0 Å². The number of aryl methyl sites for hydroxylation is 1. The van der Waals surface area contributed by atoms with Crippen molar-refractivity contribution in [2.45, 2.75) is 12.3 Å². The summed E-state index contributed by atoms with van der Waals surface area (Å²) in [7, 11) is 3.65. The lowest BCUT2D eigenvalue weighted by molar-refractivity contribution is 0.192. The van der Waals surface area contributed by atoms with Crippen LogP contribution in [0, 0.1) is 0 Å². The van der Waals surface area contributed by atoms with Gasteiger partial charge in [0.25, 0.3) is 5.89 Å². The molecule has 3 heterocycles. The predicted molar refractivity (Wildman–Crippen MR) is 80.9 cm³/mol. The molecular formula is C16H17N3O3. The third-order valence-corrected chi connectivity index (χ3v) is 4.21. The van der Waals surface area contributed by atoms with Crippen LogP contribution in [-0.4, -0.2) is 35.0 Å². The molecule has 2 aromatic heterocycles. The Balaban J connectivity index is 1.75. The largest absolute Gasteiger partial charge is 0.497 e. The van der Waals surface area contributed by atoms with Gasteiger partial charge in [0, 0.05) is 31.0 Å². The Morgan fingerprint density at radius 3 is 3.00 bits per heavy atom. The number of methoxy groups -OCH3 is 1. The summed E-state index contributed by atoms with van der Waals surface area (Å²) in [5, 5.41) is 5.23. The van der Waals surface area contributed by atoms with Crippen LogP contribution in [-0.2, 0) is 11.8 Å². The van der Waals surface area contributed by atoms with E-state index in [0.29, 0.717) is 12.5 Å². The van der Waals surface area contributed by atoms with Crippen molar-refractivity contribution in [3.05, 3.63) is 30.1 Å². The van der Waals surface area contributed by atoms with E-state index in [4.69, 9.17) is 14.0 Å². The summed E-state index contributed by atoms with van der Waals surface area (Å²) < 4.78 is 18.2. The first-order valence-electron chi connectivity index (χ1n) is 7.31. The fraction of sp³-hybridized carbons (Fsp3) is 0.375. The molecule has 0 radical (unpaired) electrons. The number of hydrogen-bond donors (Lipinski definition) is 0. The molecule has 114 valence electrons. The molecule has 1 fully saturated rings. The molecule has 3 aromatic rings. The molecule has 6 nitrogen and oxygen atoms in total. The molecule has 1 aliphatic heterocycles. The van der Waals surface area contributed by atoms with Crippen LogP contribution in [0.2, 0.25) is 0 Å². The second-order valence-corrected chi connectivity index (χ2v) is 5.53. The summed E-state index contributed by atoms with van der Waals surface area (Å²) in [5.41, 5.74) is 1.97. The molecular weight excluding hydrogens is 282 g/mol. The minimum Gasteiger partial charge on any atom is -0.497 e. The van der Waals surface area contributed by atoms with E-state index < -0.39 is 0 Å². The van der Waals surface area contributed by atoms with Crippen LogP contribution in [0.4, 0.5) is 0 Å². The van der Waals surface area contributed by atoms with Gasteiger partial charge in [0.15, 0.2) is 5.82 Å². The normalized spacial score (nSPS) is 18.2. The summed E-state index contributed by atoms with van der Waals surface area (Å²) in [4.78, 5) is 4.55. The molecule has 1 aliphatic rings. The van der Waals surface area contributed by atoms with Crippen LogP contribution in [0.15, 0.2) is 28.8 Å². The molecule has 0 bridgehead atoms. The molecule has 4 rings (SSSR count). The van der Waals surface area contributed by atoms with Crippen LogP contribution < -0.4 is 4.74 Å². The number of nitrogens with zero attached hydrogens (tertiary/aromatic N) is 3. The quantitative estimate of drug-likeness (QED) is 0.744. The smallest absolute Gasteiger partial charge is 0.274 e. The zero-order chi connectivity index (χ0) is 15.1. The summed E-state index contributed by atoms with van der Waals surface area (Å²) in [6.07, 6.45) is 0.950. The molecule has 0 amide bonds. The summed E-state index contributed by atoms with van der Waals surface area (Å²) in [6, 6.07) is 8.03. The fourth-order valence-corrected chi connectivity index (χ4v) is 2.88. The average Bonchev–Trinajstić information content (AvgIpc) is 3.26. The molecule has 0 saturated carbocycles. The van der Waals surface area contributed by atoms with Gasteiger partial charge in [-0.15, -0.1) is 0 Å². The van der Waals surface area contributed by atoms with Gasteiger partial charge in [0.1, 0.15) is 11.4 Å². The van der Waals surface area contributed by atoms with E-state index in [9.17, 15) is 0 Å². The molecule has 6 heteroatoms. The predicted octanol–water partition coefficient (Wildman–Crippen LogP) is 2.74. The average molecular weight is 299 g/mol. The van der Waals surface area contributed by atoms with Crippen LogP contribution >= 0.6 is 0 Å². The summed E-state index contributed by atoms with van der Waals surface area (Å²) in [5.74, 6) is 2.34. The monoisotopic (exact) mass is 299 g/mol. The maximum absolute atomic E-state index is 5.46. The van der Waals surface area contributed by atoms with Gasteiger partial charge in [-0.1, -0.05) is 5.16 Å². The van der Waals surface area contributed by atoms with E-state index in [0.717, 1.165) is 41.2 Å². The first-order chi connectivity index (χ1) is 10.8. The molecule has 0 unspecified atom stereocenters. The lowest BCUT2D eigenvalue weighted by atomic mass is 10.1. The van der Waals surface area contributed by atoms with E-state index in [2.05, 4.69) is 16.2 Å². The minimum absolute atomic E-state index is 0.243. The second-order valence-electron chi connectivity index (χ2n) is 5.53. The maximum atomic E-state index is 5.46. The molecule has 22 heavy (non-hydrogen) atoms. The van der Waals surface area contributed by atoms with Gasteiger partial charge in [-0.25, -0.2) is 0 Å². The van der Waals surface area contributed by atoms with Crippen LogP contribution in [0.1, 0.15) is 18.2 Å². The van der Waals surface area contributed by atoms with E-state index in [1.165, 1.54) is 0 Å². The van der Waals surface area contributed by atoms with Crippen molar-refractivity contribution in [3.63, 3.8) is 0 Å². The highest BCUT2D eigenvalue weighted by Gasteiger charge is 2.24. The van der Waals surface area contributed by atoms with Crippen LogP contribution in [0.5, 0.6) is 5.75 Å². The molecule has 1 atom stereocenters. The van der Waals surface area contributed by atoms with Crippen molar-refractivity contribution in [1.82, 2.24) is 14.7 Å². The van der Waals surface area contributed by atoms with Gasteiger partial charge >= 0.3 is 0 Å². The Bertz CT molecular complexity index is 815. The van der Waals surface area contributed by atoms with Crippen molar-refractivity contribution in [2.75, 3.05) is 20.3 Å². The van der Waals surface area contributed by atoms with Crippen LogP contribution in [0.3, 0.4) is 0 Å². The Hall–Kier alpha value is -2.34. The highest BCUT2D eigenvalue weighted by Crippen LogP contribution is 2.30. The topological polar surface area (TPSA) is 62.3 Å². The Morgan fingerprint density at radius 2 is 2.23 bits per heavy atom. The number of hydrogen-bond acceptors (Lipinski definition) is 5. The number of fused-ring (bicyclic) bond motifs is 1. The molecule has 0 spiro atoms. The lowest BCUT2D eigenvalue weighted by Crippen LogP contribution is -2.00. The van der Waals surface area contributed by atoms with E-state index in [-0.39, 0.29) is 5.92 Å². The zero-order valence-corrected chi connectivity index (χ0v) is 12.6. The highest BCUT2D eigenvalue weighted by atomic mass is 16.5. The SMILES string of the molecule is COc1ccc2cc(-c3nc([C@@H]4CCOC4)no3)n(C)c2c1. The molecule has 1 saturated heterocycles. The number of benzene rings is 1. The first-order valence-corrected chi connectivity index (χ1v) is 7.31. The summed E-state index contributed by atoms with van der Waals surface area (Å²) in [6.45, 7) is 1.44. The van der Waals surface area contributed by atoms with E-state index in [1.54, 1.807) is 7.11 Å². The number of aromatic nitrogens is 3. The van der Waals surface area contributed by atoms with E-state index >= 15 is 0 Å². The van der Waals surface area contributed by atoms with Crippen LogP contribution in [0.25, 0.3) is 22.5 Å². The molecule has 0 N–H and O–H groups in total. The van der Waals surface area contributed by atoms with Gasteiger partial charge in [-0.2, -0.15) is 4.98 Å². The second kappa shape index (κ2) is 5.14. The lowest BCUT2D eigenvalue weighted by Gasteiger charge is -2.02. The Morgan fingerprint density at radius 1 is 1.32 bits per heavy atom. The standard InChI is InChI=1S/C16H17N3O3/c1-19-13-8-12(20-2)4-3-10(13)7-14(19)16-17-15(18-22-16)11-5-6-21-9-11/h3-4,7-8,11H,5-6,9H2,1-2H3/t11-/m1/s1. The zero-order valence-electron chi connectivity index (χ0n) is 12.6. The van der Waals surface area contributed by atoms with Gasteiger partial charge in [0.2, 0.25) is 0 Å². The van der Waals surface area contributed by atoms with Crippen molar-refractivity contribution in [1.29, 1.82) is 0 Å².